The van der Waals surface area contributed by atoms with Crippen LogP contribution in [0.1, 0.15) is 43.7 Å². The Morgan fingerprint density at radius 2 is 1.97 bits per heavy atom. The summed E-state index contributed by atoms with van der Waals surface area (Å²) in [5, 5.41) is 2.75. The Hall–Kier alpha value is -1.93. The first-order chi connectivity index (χ1) is 13.8. The van der Waals surface area contributed by atoms with Crippen molar-refractivity contribution in [3.8, 4) is 0 Å². The second-order valence-electron chi connectivity index (χ2n) is 7.52. The highest BCUT2D eigenvalue weighted by atomic mass is 32.2. The maximum absolute atomic E-state index is 12.3. The molecule has 0 bridgehead atoms. The molecule has 2 rings (SSSR count). The van der Waals surface area contributed by atoms with Gasteiger partial charge in [-0.2, -0.15) is 0 Å². The van der Waals surface area contributed by atoms with E-state index in [-0.39, 0.29) is 31.4 Å². The fraction of sp³-hybridized carbons (Fsp3) is 0.619. The maximum Gasteiger partial charge on any atom is 0.310 e. The second kappa shape index (κ2) is 11.3. The number of rotatable bonds is 10. The minimum Gasteiger partial charge on any atom is -0.464 e. The van der Waals surface area contributed by atoms with Crippen LogP contribution >= 0.6 is 0 Å². The fourth-order valence-corrected chi connectivity index (χ4v) is 4.92. The van der Waals surface area contributed by atoms with Crippen molar-refractivity contribution in [3.63, 3.8) is 0 Å². The minimum absolute atomic E-state index is 0.0869. The van der Waals surface area contributed by atoms with E-state index in [0.717, 1.165) is 5.56 Å². The van der Waals surface area contributed by atoms with Crippen molar-refractivity contribution in [2.75, 3.05) is 32.0 Å². The second-order valence-corrected chi connectivity index (χ2v) is 9.60. The van der Waals surface area contributed by atoms with E-state index in [9.17, 15) is 18.0 Å². The van der Waals surface area contributed by atoms with Gasteiger partial charge < -0.3 is 10.1 Å². The average Bonchev–Trinajstić information content (AvgIpc) is 2.70. The molecule has 1 aromatic rings. The molecule has 1 saturated heterocycles. The summed E-state index contributed by atoms with van der Waals surface area (Å²) in [5.74, 6) is -0.817. The standard InChI is InChI=1S/C21H32N2O5S/c1-3-15-29(26,27)23-13-4-5-19(16-23)21(25)28-14-12-22-20(24)11-10-18-8-6-17(2)7-9-18/h6-9,19H,3-5,10-16H2,1-2H3,(H,22,24). The number of aryl methyl sites for hydroxylation is 2. The topological polar surface area (TPSA) is 92.8 Å². The summed E-state index contributed by atoms with van der Waals surface area (Å²) in [4.78, 5) is 24.2. The number of amides is 1. The molecule has 0 spiro atoms. The predicted octanol–water partition coefficient (Wildman–Crippen LogP) is 2.04. The summed E-state index contributed by atoms with van der Waals surface area (Å²) in [6, 6.07) is 8.07. The van der Waals surface area contributed by atoms with Crippen molar-refractivity contribution in [2.24, 2.45) is 5.92 Å². The molecule has 1 N–H and O–H groups in total. The predicted molar refractivity (Wildman–Crippen MR) is 112 cm³/mol. The lowest BCUT2D eigenvalue weighted by Gasteiger charge is -2.30. The van der Waals surface area contributed by atoms with Crippen LogP contribution in [0.5, 0.6) is 0 Å². The molecule has 0 aliphatic carbocycles. The van der Waals surface area contributed by atoms with E-state index in [1.54, 1.807) is 0 Å². The van der Waals surface area contributed by atoms with E-state index in [1.165, 1.54) is 9.87 Å². The van der Waals surface area contributed by atoms with Gasteiger partial charge in [0.05, 0.1) is 18.2 Å². The number of hydrogen-bond acceptors (Lipinski definition) is 5. The van der Waals surface area contributed by atoms with E-state index in [1.807, 2.05) is 38.1 Å². The van der Waals surface area contributed by atoms with Crippen LogP contribution in [0.25, 0.3) is 0 Å². The monoisotopic (exact) mass is 424 g/mol. The van der Waals surface area contributed by atoms with Crippen LogP contribution in [-0.2, 0) is 30.8 Å². The molecule has 7 nitrogen and oxygen atoms in total. The van der Waals surface area contributed by atoms with E-state index in [0.29, 0.717) is 38.6 Å². The Morgan fingerprint density at radius 1 is 1.24 bits per heavy atom. The van der Waals surface area contributed by atoms with Crippen molar-refractivity contribution >= 4 is 21.9 Å². The lowest BCUT2D eigenvalue weighted by Crippen LogP contribution is -2.43. The van der Waals surface area contributed by atoms with Crippen molar-refractivity contribution in [3.05, 3.63) is 35.4 Å². The highest BCUT2D eigenvalue weighted by Gasteiger charge is 2.32. The number of piperidine rings is 1. The molecule has 0 radical (unpaired) electrons. The number of carbonyl (C=O) groups is 2. The van der Waals surface area contributed by atoms with Gasteiger partial charge in [0.25, 0.3) is 0 Å². The summed E-state index contributed by atoms with van der Waals surface area (Å²) in [5.41, 5.74) is 2.29. The quantitative estimate of drug-likeness (QED) is 0.458. The van der Waals surface area contributed by atoms with Crippen molar-refractivity contribution in [2.45, 2.75) is 46.0 Å². The first-order valence-corrected chi connectivity index (χ1v) is 11.9. The zero-order valence-corrected chi connectivity index (χ0v) is 18.2. The van der Waals surface area contributed by atoms with Crippen molar-refractivity contribution < 1.29 is 22.7 Å². The Morgan fingerprint density at radius 3 is 2.66 bits per heavy atom. The highest BCUT2D eigenvalue weighted by molar-refractivity contribution is 7.89. The van der Waals surface area contributed by atoms with Gasteiger partial charge in [-0.15, -0.1) is 0 Å². The molecule has 0 saturated carbocycles. The Bertz CT molecular complexity index is 777. The van der Waals surface area contributed by atoms with Gasteiger partial charge in [0, 0.05) is 19.5 Å². The molecule has 1 fully saturated rings. The third-order valence-corrected chi connectivity index (χ3v) is 7.05. The molecule has 1 aliphatic heterocycles. The number of sulfonamides is 1. The van der Waals surface area contributed by atoms with Crippen molar-refractivity contribution in [1.29, 1.82) is 0 Å². The molecule has 1 amide bonds. The van der Waals surface area contributed by atoms with Crippen LogP contribution in [0.2, 0.25) is 0 Å². The SMILES string of the molecule is CCCS(=O)(=O)N1CCCC(C(=O)OCCNC(=O)CCc2ccc(C)cc2)C1. The Labute approximate surface area is 173 Å². The molecular weight excluding hydrogens is 392 g/mol. The molecule has 1 aromatic carbocycles. The van der Waals surface area contributed by atoms with Gasteiger partial charge in [0.15, 0.2) is 0 Å². The summed E-state index contributed by atoms with van der Waals surface area (Å²) in [7, 11) is -3.30. The van der Waals surface area contributed by atoms with Gasteiger partial charge in [-0.3, -0.25) is 9.59 Å². The van der Waals surface area contributed by atoms with E-state index < -0.39 is 21.9 Å². The third-order valence-electron chi connectivity index (χ3n) is 5.00. The van der Waals surface area contributed by atoms with Gasteiger partial charge in [0.2, 0.25) is 15.9 Å². The van der Waals surface area contributed by atoms with Crippen LogP contribution in [0.15, 0.2) is 24.3 Å². The average molecular weight is 425 g/mol. The number of carbonyl (C=O) groups excluding carboxylic acids is 2. The Balaban J connectivity index is 1.66. The molecule has 1 aliphatic rings. The van der Waals surface area contributed by atoms with Crippen LogP contribution < -0.4 is 5.32 Å². The zero-order chi connectivity index (χ0) is 21.3. The molecule has 1 heterocycles. The Kier molecular flexibility index (Phi) is 9.10. The molecule has 1 atom stereocenters. The van der Waals surface area contributed by atoms with E-state index >= 15 is 0 Å². The number of nitrogens with zero attached hydrogens (tertiary/aromatic N) is 1. The van der Waals surface area contributed by atoms with Crippen LogP contribution in [-0.4, -0.2) is 56.6 Å². The van der Waals surface area contributed by atoms with Gasteiger partial charge in [-0.1, -0.05) is 36.8 Å². The third kappa shape index (κ3) is 7.78. The summed E-state index contributed by atoms with van der Waals surface area (Å²) >= 11 is 0. The normalized spacial score (nSPS) is 17.7. The van der Waals surface area contributed by atoms with Crippen LogP contribution in [0.3, 0.4) is 0 Å². The number of esters is 1. The van der Waals surface area contributed by atoms with Crippen LogP contribution in [0, 0.1) is 12.8 Å². The van der Waals surface area contributed by atoms with Gasteiger partial charge >= 0.3 is 5.97 Å². The number of benzene rings is 1. The molecule has 29 heavy (non-hydrogen) atoms. The molecule has 1 unspecified atom stereocenters. The largest absolute Gasteiger partial charge is 0.464 e. The zero-order valence-electron chi connectivity index (χ0n) is 17.4. The first kappa shape index (κ1) is 23.3. The minimum atomic E-state index is -3.30. The van der Waals surface area contributed by atoms with Gasteiger partial charge in [-0.05, 0) is 38.2 Å². The molecule has 0 aromatic heterocycles. The lowest BCUT2D eigenvalue weighted by atomic mass is 10.0. The molecular formula is C21H32N2O5S. The maximum atomic E-state index is 12.3. The smallest absolute Gasteiger partial charge is 0.310 e. The van der Waals surface area contributed by atoms with Crippen molar-refractivity contribution in [1.82, 2.24) is 9.62 Å². The van der Waals surface area contributed by atoms with E-state index in [4.69, 9.17) is 4.74 Å². The number of ether oxygens (including phenoxy) is 1. The van der Waals surface area contributed by atoms with E-state index in [2.05, 4.69) is 5.32 Å². The number of hydrogen-bond donors (Lipinski definition) is 1. The summed E-state index contributed by atoms with van der Waals surface area (Å²) in [6.07, 6.45) is 2.87. The van der Waals surface area contributed by atoms with Crippen LogP contribution in [0.4, 0.5) is 0 Å². The first-order valence-electron chi connectivity index (χ1n) is 10.3. The van der Waals surface area contributed by atoms with Gasteiger partial charge in [0.1, 0.15) is 6.61 Å². The summed E-state index contributed by atoms with van der Waals surface area (Å²) in [6.45, 7) is 4.83. The highest BCUT2D eigenvalue weighted by Crippen LogP contribution is 2.21. The summed E-state index contributed by atoms with van der Waals surface area (Å²) < 4.78 is 31.0. The molecule has 162 valence electrons. The molecule has 8 heteroatoms. The number of nitrogens with one attached hydrogen (secondary N) is 1. The fourth-order valence-electron chi connectivity index (χ4n) is 3.34. The lowest BCUT2D eigenvalue weighted by molar-refractivity contribution is -0.150. The van der Waals surface area contributed by atoms with Gasteiger partial charge in [-0.25, -0.2) is 12.7 Å².